The molecule has 1 atom stereocenters. The molecule has 1 aliphatic heterocycles. The zero-order valence-corrected chi connectivity index (χ0v) is 14.5. The topological polar surface area (TPSA) is 69.7 Å². The van der Waals surface area contributed by atoms with Crippen LogP contribution in [0.4, 0.5) is 0 Å². The molecule has 0 unspecified atom stereocenters. The number of carbonyl (C=O) groups excluding carboxylic acids is 3. The van der Waals surface area contributed by atoms with Crippen LogP contribution in [0.15, 0.2) is 24.3 Å². The molecule has 0 spiro atoms. The van der Waals surface area contributed by atoms with Crippen molar-refractivity contribution >= 4 is 17.7 Å². The lowest BCUT2D eigenvalue weighted by atomic mass is 9.96. The van der Waals surface area contributed by atoms with Gasteiger partial charge in [-0.15, -0.1) is 0 Å². The Kier molecular flexibility index (Phi) is 5.95. The van der Waals surface area contributed by atoms with Crippen molar-refractivity contribution in [2.45, 2.75) is 26.3 Å². The van der Waals surface area contributed by atoms with Gasteiger partial charge in [-0.3, -0.25) is 14.4 Å². The summed E-state index contributed by atoms with van der Waals surface area (Å²) in [6, 6.07) is 7.23. The summed E-state index contributed by atoms with van der Waals surface area (Å²) in [4.78, 5) is 39.1. The summed E-state index contributed by atoms with van der Waals surface area (Å²) in [6.45, 7) is 3.28. The highest BCUT2D eigenvalue weighted by Gasteiger charge is 2.28. The molecule has 0 aliphatic carbocycles. The summed E-state index contributed by atoms with van der Waals surface area (Å²) >= 11 is 0. The van der Waals surface area contributed by atoms with Crippen molar-refractivity contribution < 1.29 is 14.4 Å². The van der Waals surface area contributed by atoms with Crippen LogP contribution >= 0.6 is 0 Å². The normalized spacial score (nSPS) is 17.3. The maximum atomic E-state index is 12.6. The molecule has 0 radical (unpaired) electrons. The molecule has 3 amide bonds. The van der Waals surface area contributed by atoms with E-state index in [2.05, 4.69) is 5.32 Å². The summed E-state index contributed by atoms with van der Waals surface area (Å²) in [6.07, 6.45) is 1.69. The molecule has 0 saturated carbocycles. The summed E-state index contributed by atoms with van der Waals surface area (Å²) in [7, 11) is 3.37. The average molecular weight is 331 g/mol. The molecule has 1 fully saturated rings. The summed E-state index contributed by atoms with van der Waals surface area (Å²) in [5.41, 5.74) is 1.57. The van der Waals surface area contributed by atoms with Crippen LogP contribution in [0, 0.1) is 5.92 Å². The molecule has 2 rings (SSSR count). The lowest BCUT2D eigenvalue weighted by Crippen LogP contribution is -2.45. The fraction of sp³-hybridized carbons (Fsp3) is 0.500. The Hall–Kier alpha value is -2.37. The maximum absolute atomic E-state index is 12.6. The number of rotatable bonds is 4. The first-order valence-electron chi connectivity index (χ1n) is 8.24. The average Bonchev–Trinajstić information content (AvgIpc) is 2.61. The predicted octanol–water partition coefficient (Wildman–Crippen LogP) is 1.26. The molecule has 1 aromatic rings. The molecule has 1 heterocycles. The van der Waals surface area contributed by atoms with E-state index in [1.807, 2.05) is 12.1 Å². The van der Waals surface area contributed by atoms with Crippen molar-refractivity contribution in [2.24, 2.45) is 5.92 Å². The molecular weight excluding hydrogens is 306 g/mol. The van der Waals surface area contributed by atoms with Crippen molar-refractivity contribution in [3.63, 3.8) is 0 Å². The second kappa shape index (κ2) is 7.95. The Labute approximate surface area is 142 Å². The first-order valence-corrected chi connectivity index (χ1v) is 8.24. The van der Waals surface area contributed by atoms with Crippen LogP contribution in [-0.2, 0) is 16.1 Å². The number of hydrogen-bond acceptors (Lipinski definition) is 3. The number of nitrogens with one attached hydrogen (secondary N) is 1. The van der Waals surface area contributed by atoms with Crippen molar-refractivity contribution in [2.75, 3.05) is 27.2 Å². The van der Waals surface area contributed by atoms with Crippen molar-refractivity contribution in [1.29, 1.82) is 0 Å². The van der Waals surface area contributed by atoms with Gasteiger partial charge in [0.15, 0.2) is 0 Å². The van der Waals surface area contributed by atoms with Crippen molar-refractivity contribution in [3.8, 4) is 0 Å². The van der Waals surface area contributed by atoms with E-state index in [1.165, 1.54) is 0 Å². The highest BCUT2D eigenvalue weighted by molar-refractivity contribution is 5.93. The van der Waals surface area contributed by atoms with E-state index in [-0.39, 0.29) is 23.6 Å². The van der Waals surface area contributed by atoms with E-state index < -0.39 is 0 Å². The van der Waals surface area contributed by atoms with Crippen molar-refractivity contribution in [3.05, 3.63) is 35.4 Å². The van der Waals surface area contributed by atoms with Crippen molar-refractivity contribution in [1.82, 2.24) is 15.1 Å². The zero-order chi connectivity index (χ0) is 17.7. The standard InChI is InChI=1S/C18H25N3O3/c1-13(22)21-10-4-5-16(12-21)18(24)20(3)11-14-6-8-15(9-7-14)17(23)19-2/h6-9,16H,4-5,10-12H2,1-3H3,(H,19,23)/t16-/m1/s1. The van der Waals surface area contributed by atoms with E-state index in [0.717, 1.165) is 24.9 Å². The fourth-order valence-corrected chi connectivity index (χ4v) is 3.03. The van der Waals surface area contributed by atoms with Crippen LogP contribution in [0.3, 0.4) is 0 Å². The van der Waals surface area contributed by atoms with Gasteiger partial charge in [0.25, 0.3) is 5.91 Å². The highest BCUT2D eigenvalue weighted by Crippen LogP contribution is 2.19. The Bertz CT molecular complexity index is 612. The van der Waals surface area contributed by atoms with Gasteiger partial charge in [0, 0.05) is 46.2 Å². The van der Waals surface area contributed by atoms with Gasteiger partial charge in [0.2, 0.25) is 11.8 Å². The lowest BCUT2D eigenvalue weighted by molar-refractivity contribution is -0.139. The molecule has 0 bridgehead atoms. The fourth-order valence-electron chi connectivity index (χ4n) is 3.03. The van der Waals surface area contributed by atoms with Gasteiger partial charge >= 0.3 is 0 Å². The quantitative estimate of drug-likeness (QED) is 0.903. The van der Waals surface area contributed by atoms with Gasteiger partial charge in [0.1, 0.15) is 0 Å². The van der Waals surface area contributed by atoms with Crippen LogP contribution in [0.1, 0.15) is 35.7 Å². The lowest BCUT2D eigenvalue weighted by Gasteiger charge is -2.33. The van der Waals surface area contributed by atoms with Crippen LogP contribution in [0.25, 0.3) is 0 Å². The molecule has 6 heteroatoms. The third-order valence-electron chi connectivity index (χ3n) is 4.46. The van der Waals surface area contributed by atoms with E-state index >= 15 is 0 Å². The Morgan fingerprint density at radius 2 is 1.92 bits per heavy atom. The monoisotopic (exact) mass is 331 g/mol. The van der Waals surface area contributed by atoms with E-state index in [4.69, 9.17) is 0 Å². The molecule has 1 aromatic carbocycles. The number of amides is 3. The second-order valence-corrected chi connectivity index (χ2v) is 6.27. The smallest absolute Gasteiger partial charge is 0.251 e. The minimum absolute atomic E-state index is 0.0277. The summed E-state index contributed by atoms with van der Waals surface area (Å²) in [5, 5.41) is 2.58. The molecule has 1 N–H and O–H groups in total. The van der Waals surface area contributed by atoms with Gasteiger partial charge in [-0.2, -0.15) is 0 Å². The second-order valence-electron chi connectivity index (χ2n) is 6.27. The molecule has 1 saturated heterocycles. The summed E-state index contributed by atoms with van der Waals surface area (Å²) in [5.74, 6) is -0.161. The first-order chi connectivity index (χ1) is 11.4. The molecule has 6 nitrogen and oxygen atoms in total. The van der Waals surface area contributed by atoms with E-state index in [0.29, 0.717) is 18.7 Å². The van der Waals surface area contributed by atoms with Gasteiger partial charge in [-0.05, 0) is 30.5 Å². The van der Waals surface area contributed by atoms with Crippen LogP contribution in [-0.4, -0.2) is 54.7 Å². The molecule has 24 heavy (non-hydrogen) atoms. The first kappa shape index (κ1) is 18.0. The molecule has 130 valence electrons. The third kappa shape index (κ3) is 4.34. The minimum Gasteiger partial charge on any atom is -0.355 e. The largest absolute Gasteiger partial charge is 0.355 e. The Morgan fingerprint density at radius 1 is 1.25 bits per heavy atom. The number of nitrogens with zero attached hydrogens (tertiary/aromatic N) is 2. The van der Waals surface area contributed by atoms with E-state index in [9.17, 15) is 14.4 Å². The number of likely N-dealkylation sites (tertiary alicyclic amines) is 1. The molecular formula is C18H25N3O3. The zero-order valence-electron chi connectivity index (χ0n) is 14.5. The van der Waals surface area contributed by atoms with Gasteiger partial charge in [-0.1, -0.05) is 12.1 Å². The van der Waals surface area contributed by atoms with Crippen LogP contribution < -0.4 is 5.32 Å². The number of hydrogen-bond donors (Lipinski definition) is 1. The van der Waals surface area contributed by atoms with Gasteiger partial charge in [-0.25, -0.2) is 0 Å². The highest BCUT2D eigenvalue weighted by atomic mass is 16.2. The SMILES string of the molecule is CNC(=O)c1ccc(CN(C)C(=O)[C@@H]2CCCN(C(C)=O)C2)cc1. The van der Waals surface area contributed by atoms with Gasteiger partial charge in [0.05, 0.1) is 5.92 Å². The van der Waals surface area contributed by atoms with E-state index in [1.54, 1.807) is 43.0 Å². The number of benzene rings is 1. The Morgan fingerprint density at radius 3 is 2.50 bits per heavy atom. The third-order valence-corrected chi connectivity index (χ3v) is 4.46. The maximum Gasteiger partial charge on any atom is 0.251 e. The number of carbonyl (C=O) groups is 3. The van der Waals surface area contributed by atoms with Crippen LogP contribution in [0.2, 0.25) is 0 Å². The van der Waals surface area contributed by atoms with Crippen LogP contribution in [0.5, 0.6) is 0 Å². The predicted molar refractivity (Wildman–Crippen MR) is 91.3 cm³/mol. The molecule has 0 aromatic heterocycles. The molecule has 1 aliphatic rings. The number of piperidine rings is 1. The Balaban J connectivity index is 1.96. The minimum atomic E-state index is -0.127. The summed E-state index contributed by atoms with van der Waals surface area (Å²) < 4.78 is 0. The van der Waals surface area contributed by atoms with Gasteiger partial charge < -0.3 is 15.1 Å².